The molecule has 2 unspecified atom stereocenters. The molecule has 0 aliphatic carbocycles. The Morgan fingerprint density at radius 2 is 1.73 bits per heavy atom. The first-order valence-electron chi connectivity index (χ1n) is 10.5. The number of benzene rings is 3. The highest BCUT2D eigenvalue weighted by atomic mass is 19.1. The van der Waals surface area contributed by atoms with E-state index >= 15 is 0 Å². The number of aromatic amines is 1. The lowest BCUT2D eigenvalue weighted by molar-refractivity contribution is 0.0907. The van der Waals surface area contributed by atoms with E-state index in [-0.39, 0.29) is 34.7 Å². The van der Waals surface area contributed by atoms with E-state index < -0.39 is 23.8 Å². The van der Waals surface area contributed by atoms with Gasteiger partial charge in [-0.15, -0.1) is 0 Å². The van der Waals surface area contributed by atoms with Crippen LogP contribution in [0.4, 0.5) is 4.39 Å². The fraction of sp³-hybridized carbons (Fsp3) is 0.154. The fourth-order valence-electron chi connectivity index (χ4n) is 3.67. The van der Waals surface area contributed by atoms with Gasteiger partial charge >= 0.3 is 0 Å². The van der Waals surface area contributed by atoms with Crippen molar-refractivity contribution in [3.05, 3.63) is 101 Å². The Hall–Kier alpha value is -3.81. The van der Waals surface area contributed by atoms with Gasteiger partial charge in [0, 0.05) is 17.5 Å². The lowest BCUT2D eigenvalue weighted by Crippen LogP contribution is -2.09. The molecule has 0 radical (unpaired) electrons. The minimum Gasteiger partial charge on any atom is -0.506 e. The van der Waals surface area contributed by atoms with Gasteiger partial charge in [0.25, 0.3) is 0 Å². The van der Waals surface area contributed by atoms with Crippen molar-refractivity contribution < 1.29 is 24.5 Å². The average Bonchev–Trinajstić information content (AvgIpc) is 3.22. The molecule has 0 amide bonds. The van der Waals surface area contributed by atoms with Crippen molar-refractivity contribution in [2.45, 2.75) is 25.6 Å². The highest BCUT2D eigenvalue weighted by Crippen LogP contribution is 2.30. The van der Waals surface area contributed by atoms with Gasteiger partial charge in [-0.3, -0.25) is 4.79 Å². The van der Waals surface area contributed by atoms with Gasteiger partial charge in [-0.05, 0) is 42.8 Å². The summed E-state index contributed by atoms with van der Waals surface area (Å²) in [6, 6.07) is 18.8. The molecule has 4 rings (SSSR count). The van der Waals surface area contributed by atoms with Crippen LogP contribution < -0.4 is 0 Å². The number of carbonyl (C=O) groups excluding carboxylic acids is 1. The number of Topliss-reactive ketones (excluding diaryl/α,β-unsaturated/α-hetero) is 1. The first kappa shape index (κ1) is 22.4. The third-order valence-corrected chi connectivity index (χ3v) is 5.29. The van der Waals surface area contributed by atoms with E-state index in [1.807, 2.05) is 6.07 Å². The van der Waals surface area contributed by atoms with Crippen LogP contribution in [-0.4, -0.2) is 37.2 Å². The summed E-state index contributed by atoms with van der Waals surface area (Å²) in [6.45, 7) is 1.57. The molecule has 2 atom stereocenters. The van der Waals surface area contributed by atoms with Gasteiger partial charge < -0.3 is 20.3 Å². The molecule has 0 fully saturated rings. The van der Waals surface area contributed by atoms with Crippen LogP contribution in [0.2, 0.25) is 0 Å². The van der Waals surface area contributed by atoms with Crippen LogP contribution in [0.1, 0.15) is 46.8 Å². The number of aliphatic hydroxyl groups is 3. The Morgan fingerprint density at radius 3 is 2.45 bits per heavy atom. The summed E-state index contributed by atoms with van der Waals surface area (Å²) in [4.78, 5) is 20.9. The third kappa shape index (κ3) is 4.84. The second-order valence-electron chi connectivity index (χ2n) is 7.89. The number of nitrogens with one attached hydrogen (secondary N) is 1. The van der Waals surface area contributed by atoms with Crippen LogP contribution in [0, 0.1) is 5.82 Å². The predicted octanol–water partition coefficient (Wildman–Crippen LogP) is 4.82. The summed E-state index contributed by atoms with van der Waals surface area (Å²) in [5.41, 5.74) is 1.96. The second kappa shape index (κ2) is 9.36. The SMILES string of the molecule is CC(O)CC(O)c1cccc(C(O)=C(C(=O)c2cccc(F)c2)c2nc3ccccc3[nH]2)c1. The first-order valence-corrected chi connectivity index (χ1v) is 10.5. The number of aromatic nitrogens is 2. The molecule has 4 N–H and O–H groups in total. The van der Waals surface area contributed by atoms with Gasteiger partial charge in [0.1, 0.15) is 23.0 Å². The molecule has 33 heavy (non-hydrogen) atoms. The van der Waals surface area contributed by atoms with Gasteiger partial charge in [0.05, 0.1) is 23.2 Å². The number of hydrogen-bond acceptors (Lipinski definition) is 5. The Morgan fingerprint density at radius 1 is 1.00 bits per heavy atom. The Balaban J connectivity index is 1.87. The summed E-state index contributed by atoms with van der Waals surface area (Å²) in [6.07, 6.45) is -1.55. The molecule has 0 aliphatic heterocycles. The number of hydrogen-bond donors (Lipinski definition) is 4. The van der Waals surface area contributed by atoms with Crippen molar-refractivity contribution in [3.63, 3.8) is 0 Å². The van der Waals surface area contributed by atoms with Crippen molar-refractivity contribution in [1.82, 2.24) is 9.97 Å². The molecule has 0 aliphatic rings. The standard InChI is InChI=1S/C26H23FN2O4/c1-15(30)12-22(31)16-6-4-7-17(13-16)24(32)23(25(33)18-8-5-9-19(27)14-18)26-28-20-10-2-3-11-21(20)29-26/h2-11,13-15,22,30-32H,12H2,1H3,(H,28,29). The Labute approximate surface area is 189 Å². The summed E-state index contributed by atoms with van der Waals surface area (Å²) in [5.74, 6) is -1.42. The highest BCUT2D eigenvalue weighted by molar-refractivity contribution is 6.33. The number of carbonyl (C=O) groups is 1. The van der Waals surface area contributed by atoms with Crippen LogP contribution in [0.5, 0.6) is 0 Å². The molecule has 7 heteroatoms. The zero-order valence-corrected chi connectivity index (χ0v) is 17.9. The maximum atomic E-state index is 13.8. The number of fused-ring (bicyclic) bond motifs is 1. The number of rotatable bonds is 7. The van der Waals surface area contributed by atoms with E-state index in [0.717, 1.165) is 6.07 Å². The molecule has 0 saturated heterocycles. The zero-order valence-electron chi connectivity index (χ0n) is 17.9. The maximum Gasteiger partial charge on any atom is 0.200 e. The molecule has 0 spiro atoms. The van der Waals surface area contributed by atoms with Crippen LogP contribution in [0.15, 0.2) is 72.8 Å². The monoisotopic (exact) mass is 446 g/mol. The first-order chi connectivity index (χ1) is 15.8. The molecule has 3 aromatic carbocycles. The number of nitrogens with zero attached hydrogens (tertiary/aromatic N) is 1. The quantitative estimate of drug-likeness (QED) is 0.185. The van der Waals surface area contributed by atoms with E-state index in [2.05, 4.69) is 9.97 Å². The van der Waals surface area contributed by atoms with E-state index in [9.17, 15) is 24.5 Å². The van der Waals surface area contributed by atoms with Crippen molar-refractivity contribution in [2.75, 3.05) is 0 Å². The second-order valence-corrected chi connectivity index (χ2v) is 7.89. The lowest BCUT2D eigenvalue weighted by Gasteiger charge is -2.15. The van der Waals surface area contributed by atoms with Crippen LogP contribution >= 0.6 is 0 Å². The maximum absolute atomic E-state index is 13.8. The van der Waals surface area contributed by atoms with Gasteiger partial charge in [-0.25, -0.2) is 9.37 Å². The van der Waals surface area contributed by atoms with Gasteiger partial charge in [-0.2, -0.15) is 0 Å². The largest absolute Gasteiger partial charge is 0.506 e. The van der Waals surface area contributed by atoms with Crippen molar-refractivity contribution >= 4 is 28.1 Å². The molecule has 1 heterocycles. The minimum atomic E-state index is -0.952. The Bertz CT molecular complexity index is 1310. The number of H-pyrrole nitrogens is 1. The van der Waals surface area contributed by atoms with Gasteiger partial charge in [-0.1, -0.05) is 42.5 Å². The molecule has 168 valence electrons. The molecular formula is C26H23FN2O4. The molecule has 1 aromatic heterocycles. The Kier molecular flexibility index (Phi) is 6.35. The lowest BCUT2D eigenvalue weighted by atomic mass is 9.96. The summed E-state index contributed by atoms with van der Waals surface area (Å²) < 4.78 is 13.8. The summed E-state index contributed by atoms with van der Waals surface area (Å²) >= 11 is 0. The number of aliphatic hydroxyl groups excluding tert-OH is 3. The predicted molar refractivity (Wildman–Crippen MR) is 124 cm³/mol. The molecule has 6 nitrogen and oxygen atoms in total. The van der Waals surface area contributed by atoms with Crippen molar-refractivity contribution in [3.8, 4) is 0 Å². The fourth-order valence-corrected chi connectivity index (χ4v) is 3.67. The summed E-state index contributed by atoms with van der Waals surface area (Å²) in [7, 11) is 0. The number of para-hydroxylation sites is 2. The average molecular weight is 446 g/mol. The number of ketones is 1. The van der Waals surface area contributed by atoms with Gasteiger partial charge in [0.15, 0.2) is 0 Å². The topological polar surface area (TPSA) is 106 Å². The molecule has 0 bridgehead atoms. The molecular weight excluding hydrogens is 423 g/mol. The van der Waals surface area contributed by atoms with E-state index in [4.69, 9.17) is 0 Å². The van der Waals surface area contributed by atoms with Crippen molar-refractivity contribution in [2.24, 2.45) is 0 Å². The molecule has 4 aromatic rings. The normalized spacial score (nSPS) is 14.1. The summed E-state index contributed by atoms with van der Waals surface area (Å²) in [5, 5.41) is 31.2. The minimum absolute atomic E-state index is 0.0577. The number of allylic oxidation sites excluding steroid dienone is 1. The molecule has 0 saturated carbocycles. The van der Waals surface area contributed by atoms with Crippen molar-refractivity contribution in [1.29, 1.82) is 0 Å². The third-order valence-electron chi connectivity index (χ3n) is 5.29. The number of imidazole rings is 1. The smallest absolute Gasteiger partial charge is 0.200 e. The van der Waals surface area contributed by atoms with E-state index in [1.165, 1.54) is 18.2 Å². The van der Waals surface area contributed by atoms with Crippen LogP contribution in [-0.2, 0) is 0 Å². The van der Waals surface area contributed by atoms with E-state index in [0.29, 0.717) is 16.6 Å². The van der Waals surface area contributed by atoms with Gasteiger partial charge in [0.2, 0.25) is 5.78 Å². The van der Waals surface area contributed by atoms with E-state index in [1.54, 1.807) is 49.4 Å². The van der Waals surface area contributed by atoms with Crippen LogP contribution in [0.3, 0.4) is 0 Å². The number of halogens is 1. The zero-order chi connectivity index (χ0) is 23.5. The van der Waals surface area contributed by atoms with Crippen LogP contribution in [0.25, 0.3) is 22.4 Å². The highest BCUT2D eigenvalue weighted by Gasteiger charge is 2.24.